The summed E-state index contributed by atoms with van der Waals surface area (Å²) in [5.41, 5.74) is 9.41. The molecule has 3 rings (SSSR count). The van der Waals surface area contributed by atoms with Crippen LogP contribution >= 0.6 is 0 Å². The van der Waals surface area contributed by atoms with Crippen molar-refractivity contribution in [3.63, 3.8) is 0 Å². The molecule has 2 aromatic rings. The van der Waals surface area contributed by atoms with Crippen LogP contribution in [0.4, 0.5) is 11.8 Å². The lowest BCUT2D eigenvalue weighted by atomic mass is 10.1. The molecule has 0 amide bonds. The SMILES string of the molecule is Cc1ccc(CN2CCN(c3ncc(C)c(N)n3)C[C@@H]2CCO)cc1. The first kappa shape index (κ1) is 17.6. The van der Waals surface area contributed by atoms with E-state index in [9.17, 15) is 5.11 Å². The lowest BCUT2D eigenvalue weighted by Crippen LogP contribution is -2.53. The van der Waals surface area contributed by atoms with Gasteiger partial charge in [0.25, 0.3) is 0 Å². The maximum atomic E-state index is 9.48. The van der Waals surface area contributed by atoms with Crippen molar-refractivity contribution in [3.8, 4) is 0 Å². The summed E-state index contributed by atoms with van der Waals surface area (Å²) in [5, 5.41) is 9.48. The monoisotopic (exact) mass is 341 g/mol. The fourth-order valence-corrected chi connectivity index (χ4v) is 3.23. The minimum atomic E-state index is 0.180. The number of hydrogen-bond donors (Lipinski definition) is 2. The lowest BCUT2D eigenvalue weighted by Gasteiger charge is -2.41. The van der Waals surface area contributed by atoms with Crippen LogP contribution in [0.1, 0.15) is 23.1 Å². The summed E-state index contributed by atoms with van der Waals surface area (Å²) in [6.07, 6.45) is 2.51. The number of benzene rings is 1. The topological polar surface area (TPSA) is 78.5 Å². The van der Waals surface area contributed by atoms with Gasteiger partial charge in [-0.05, 0) is 25.8 Å². The van der Waals surface area contributed by atoms with Gasteiger partial charge in [-0.3, -0.25) is 4.90 Å². The third-order valence-electron chi connectivity index (χ3n) is 4.85. The molecule has 1 aliphatic rings. The average Bonchev–Trinajstić information content (AvgIpc) is 2.61. The molecule has 0 saturated carbocycles. The number of piperazine rings is 1. The van der Waals surface area contributed by atoms with Gasteiger partial charge in [0, 0.05) is 50.6 Å². The summed E-state index contributed by atoms with van der Waals surface area (Å²) in [7, 11) is 0. The fourth-order valence-electron chi connectivity index (χ4n) is 3.23. The van der Waals surface area contributed by atoms with Gasteiger partial charge < -0.3 is 15.7 Å². The number of nitrogens with zero attached hydrogens (tertiary/aromatic N) is 4. The molecule has 0 aliphatic carbocycles. The molecule has 1 aliphatic heterocycles. The van der Waals surface area contributed by atoms with Gasteiger partial charge in [0.1, 0.15) is 5.82 Å². The van der Waals surface area contributed by atoms with E-state index in [2.05, 4.69) is 51.0 Å². The molecule has 6 heteroatoms. The largest absolute Gasteiger partial charge is 0.396 e. The van der Waals surface area contributed by atoms with E-state index >= 15 is 0 Å². The standard InChI is InChI=1S/C19H27N5O/c1-14-3-5-16(6-4-14)12-23-8-9-24(13-17(23)7-10-25)19-21-11-15(2)18(20)22-19/h3-6,11,17,25H,7-10,12-13H2,1-2H3,(H2,20,21,22)/t17-/m0/s1. The first-order chi connectivity index (χ1) is 12.1. The second kappa shape index (κ2) is 7.80. The maximum absolute atomic E-state index is 9.48. The number of rotatable bonds is 5. The van der Waals surface area contributed by atoms with Crippen LogP contribution in [0.25, 0.3) is 0 Å². The predicted octanol–water partition coefficient (Wildman–Crippen LogP) is 1.75. The third kappa shape index (κ3) is 4.27. The van der Waals surface area contributed by atoms with Crippen LogP contribution in [0.5, 0.6) is 0 Å². The smallest absolute Gasteiger partial charge is 0.227 e. The molecule has 6 nitrogen and oxygen atoms in total. The molecule has 1 fully saturated rings. The zero-order chi connectivity index (χ0) is 17.8. The number of nitrogens with two attached hydrogens (primary N) is 1. The van der Waals surface area contributed by atoms with Crippen LogP contribution in [0.15, 0.2) is 30.5 Å². The van der Waals surface area contributed by atoms with Crippen LogP contribution in [0.2, 0.25) is 0 Å². The van der Waals surface area contributed by atoms with Crippen LogP contribution < -0.4 is 10.6 Å². The Labute approximate surface area is 149 Å². The van der Waals surface area contributed by atoms with Gasteiger partial charge in [-0.25, -0.2) is 4.98 Å². The highest BCUT2D eigenvalue weighted by molar-refractivity contribution is 5.44. The number of anilines is 2. The molecule has 1 aromatic carbocycles. The van der Waals surface area contributed by atoms with Crippen molar-refractivity contribution in [3.05, 3.63) is 47.2 Å². The number of aromatic nitrogens is 2. The summed E-state index contributed by atoms with van der Waals surface area (Å²) in [6, 6.07) is 8.93. The summed E-state index contributed by atoms with van der Waals surface area (Å²) >= 11 is 0. The van der Waals surface area contributed by atoms with Crippen molar-refractivity contribution in [2.45, 2.75) is 32.9 Å². The molecule has 1 aromatic heterocycles. The summed E-state index contributed by atoms with van der Waals surface area (Å²) in [5.74, 6) is 1.21. The van der Waals surface area contributed by atoms with Crippen LogP contribution in [0, 0.1) is 13.8 Å². The Kier molecular flexibility index (Phi) is 5.50. The zero-order valence-corrected chi connectivity index (χ0v) is 15.0. The summed E-state index contributed by atoms with van der Waals surface area (Å²) in [4.78, 5) is 13.5. The molecule has 25 heavy (non-hydrogen) atoms. The maximum Gasteiger partial charge on any atom is 0.227 e. The van der Waals surface area contributed by atoms with E-state index in [0.29, 0.717) is 11.8 Å². The van der Waals surface area contributed by atoms with Crippen molar-refractivity contribution in [2.24, 2.45) is 0 Å². The van der Waals surface area contributed by atoms with E-state index in [1.54, 1.807) is 6.20 Å². The molecule has 3 N–H and O–H groups in total. The number of aryl methyl sites for hydroxylation is 2. The zero-order valence-electron chi connectivity index (χ0n) is 15.0. The van der Waals surface area contributed by atoms with E-state index in [0.717, 1.165) is 38.2 Å². The Balaban J connectivity index is 1.71. The summed E-state index contributed by atoms with van der Waals surface area (Å²) < 4.78 is 0. The van der Waals surface area contributed by atoms with Gasteiger partial charge in [0.2, 0.25) is 5.95 Å². The van der Waals surface area contributed by atoms with Crippen molar-refractivity contribution in [1.29, 1.82) is 0 Å². The van der Waals surface area contributed by atoms with Crippen molar-refractivity contribution in [1.82, 2.24) is 14.9 Å². The van der Waals surface area contributed by atoms with Crippen molar-refractivity contribution in [2.75, 3.05) is 36.9 Å². The number of hydrogen-bond acceptors (Lipinski definition) is 6. The molecule has 1 atom stereocenters. The highest BCUT2D eigenvalue weighted by Crippen LogP contribution is 2.21. The molecule has 2 heterocycles. The minimum Gasteiger partial charge on any atom is -0.396 e. The Morgan fingerprint density at radius 2 is 1.96 bits per heavy atom. The Morgan fingerprint density at radius 1 is 1.20 bits per heavy atom. The van der Waals surface area contributed by atoms with Crippen LogP contribution in [-0.2, 0) is 6.54 Å². The van der Waals surface area contributed by atoms with Gasteiger partial charge in [-0.2, -0.15) is 4.98 Å². The van der Waals surface area contributed by atoms with Crippen molar-refractivity contribution >= 4 is 11.8 Å². The summed E-state index contributed by atoms with van der Waals surface area (Å²) in [6.45, 7) is 7.66. The first-order valence-corrected chi connectivity index (χ1v) is 8.81. The third-order valence-corrected chi connectivity index (χ3v) is 4.85. The highest BCUT2D eigenvalue weighted by Gasteiger charge is 2.28. The Morgan fingerprint density at radius 3 is 2.64 bits per heavy atom. The molecular weight excluding hydrogens is 314 g/mol. The molecule has 0 spiro atoms. The predicted molar refractivity (Wildman–Crippen MR) is 100 cm³/mol. The molecular formula is C19H27N5O. The highest BCUT2D eigenvalue weighted by atomic mass is 16.3. The normalized spacial score (nSPS) is 18.5. The average molecular weight is 341 g/mol. The molecule has 0 bridgehead atoms. The van der Waals surface area contributed by atoms with Gasteiger partial charge in [0.15, 0.2) is 0 Å². The number of aliphatic hydroxyl groups is 1. The van der Waals surface area contributed by atoms with Gasteiger partial charge >= 0.3 is 0 Å². The number of nitrogen functional groups attached to an aromatic ring is 1. The van der Waals surface area contributed by atoms with Gasteiger partial charge in [-0.15, -0.1) is 0 Å². The fraction of sp³-hybridized carbons (Fsp3) is 0.474. The van der Waals surface area contributed by atoms with E-state index in [4.69, 9.17) is 5.73 Å². The van der Waals surface area contributed by atoms with E-state index in [1.807, 2.05) is 6.92 Å². The minimum absolute atomic E-state index is 0.180. The second-order valence-electron chi connectivity index (χ2n) is 6.81. The molecule has 0 radical (unpaired) electrons. The van der Waals surface area contributed by atoms with Crippen LogP contribution in [-0.4, -0.2) is 52.3 Å². The van der Waals surface area contributed by atoms with E-state index in [-0.39, 0.29) is 12.6 Å². The number of aliphatic hydroxyl groups excluding tert-OH is 1. The first-order valence-electron chi connectivity index (χ1n) is 8.81. The molecule has 1 saturated heterocycles. The molecule has 0 unspecified atom stereocenters. The Hall–Kier alpha value is -2.18. The quantitative estimate of drug-likeness (QED) is 0.863. The second-order valence-corrected chi connectivity index (χ2v) is 6.81. The van der Waals surface area contributed by atoms with Gasteiger partial charge in [-0.1, -0.05) is 29.8 Å². The Bertz CT molecular complexity index is 703. The van der Waals surface area contributed by atoms with E-state index in [1.165, 1.54) is 11.1 Å². The van der Waals surface area contributed by atoms with Gasteiger partial charge in [0.05, 0.1) is 0 Å². The van der Waals surface area contributed by atoms with Crippen molar-refractivity contribution < 1.29 is 5.11 Å². The molecule has 134 valence electrons. The lowest BCUT2D eigenvalue weighted by molar-refractivity contribution is 0.135. The van der Waals surface area contributed by atoms with Crippen LogP contribution in [0.3, 0.4) is 0 Å². The van der Waals surface area contributed by atoms with E-state index < -0.39 is 0 Å².